The van der Waals surface area contributed by atoms with E-state index in [0.717, 1.165) is 24.8 Å². The Morgan fingerprint density at radius 1 is 1.00 bits per heavy atom. The molecule has 0 spiro atoms. The van der Waals surface area contributed by atoms with E-state index in [4.69, 9.17) is 9.40 Å². The lowest BCUT2D eigenvalue weighted by atomic mass is 10.2. The Labute approximate surface area is 185 Å². The normalized spacial score (nSPS) is 12.3. The number of fused-ring (bicyclic) bond motifs is 1. The number of rotatable bonds is 9. The molecular weight excluding hydrogens is 408 g/mol. The second-order valence-corrected chi connectivity index (χ2v) is 8.81. The van der Waals surface area contributed by atoms with Crippen molar-refractivity contribution in [1.82, 2.24) is 19.7 Å². The van der Waals surface area contributed by atoms with E-state index in [0.29, 0.717) is 34.4 Å². The minimum atomic E-state index is -0.139. The summed E-state index contributed by atoms with van der Waals surface area (Å²) in [6, 6.07) is 17.2. The first-order valence-corrected chi connectivity index (χ1v) is 11.6. The predicted octanol–water partition coefficient (Wildman–Crippen LogP) is 5.88. The predicted molar refractivity (Wildman–Crippen MR) is 124 cm³/mol. The first-order chi connectivity index (χ1) is 15.2. The first kappa shape index (κ1) is 21.3. The van der Waals surface area contributed by atoms with Crippen molar-refractivity contribution in [2.24, 2.45) is 0 Å². The standard InChI is InChI=1S/C24H26N4O2S/c1-3-4-5-11-16-28-23(29)19-14-9-10-15-20(19)25-24(28)31-17(2)21-26-27-22(30-21)18-12-7-6-8-13-18/h6-10,12-15,17H,3-5,11,16H2,1-2H3. The fourth-order valence-electron chi connectivity index (χ4n) is 3.44. The average molecular weight is 435 g/mol. The zero-order valence-corrected chi connectivity index (χ0v) is 18.6. The smallest absolute Gasteiger partial charge is 0.262 e. The summed E-state index contributed by atoms with van der Waals surface area (Å²) < 4.78 is 7.72. The third-order valence-corrected chi connectivity index (χ3v) is 6.23. The van der Waals surface area contributed by atoms with Gasteiger partial charge in [-0.15, -0.1) is 10.2 Å². The average Bonchev–Trinajstić information content (AvgIpc) is 3.30. The van der Waals surface area contributed by atoms with Crippen molar-refractivity contribution in [2.45, 2.75) is 56.5 Å². The Hall–Kier alpha value is -2.93. The monoisotopic (exact) mass is 434 g/mol. The fourth-order valence-corrected chi connectivity index (χ4v) is 4.40. The SMILES string of the molecule is CCCCCCn1c(SC(C)c2nnc(-c3ccccc3)o2)nc2ccccc2c1=O. The van der Waals surface area contributed by atoms with Gasteiger partial charge in [-0.1, -0.05) is 68.3 Å². The van der Waals surface area contributed by atoms with Crippen LogP contribution in [0.2, 0.25) is 0 Å². The van der Waals surface area contributed by atoms with E-state index >= 15 is 0 Å². The number of hydrogen-bond acceptors (Lipinski definition) is 6. The van der Waals surface area contributed by atoms with Crippen LogP contribution in [0, 0.1) is 0 Å². The summed E-state index contributed by atoms with van der Waals surface area (Å²) in [6.45, 7) is 4.83. The molecule has 6 nitrogen and oxygen atoms in total. The van der Waals surface area contributed by atoms with E-state index in [1.165, 1.54) is 18.2 Å². The Kier molecular flexibility index (Phi) is 6.82. The van der Waals surface area contributed by atoms with Crippen LogP contribution in [0.4, 0.5) is 0 Å². The van der Waals surface area contributed by atoms with Crippen molar-refractivity contribution in [1.29, 1.82) is 0 Å². The highest BCUT2D eigenvalue weighted by Crippen LogP contribution is 2.34. The minimum Gasteiger partial charge on any atom is -0.419 e. The van der Waals surface area contributed by atoms with Crippen molar-refractivity contribution in [2.75, 3.05) is 0 Å². The van der Waals surface area contributed by atoms with Crippen LogP contribution in [-0.4, -0.2) is 19.7 Å². The van der Waals surface area contributed by atoms with Gasteiger partial charge in [0.05, 0.1) is 16.2 Å². The van der Waals surface area contributed by atoms with Crippen LogP contribution >= 0.6 is 11.8 Å². The van der Waals surface area contributed by atoms with E-state index in [1.807, 2.05) is 61.5 Å². The number of para-hydroxylation sites is 1. The van der Waals surface area contributed by atoms with Gasteiger partial charge in [0, 0.05) is 12.1 Å². The van der Waals surface area contributed by atoms with Gasteiger partial charge in [0.1, 0.15) is 0 Å². The van der Waals surface area contributed by atoms with Crippen molar-refractivity contribution in [3.63, 3.8) is 0 Å². The van der Waals surface area contributed by atoms with Crippen LogP contribution in [0.25, 0.3) is 22.4 Å². The maximum absolute atomic E-state index is 13.2. The van der Waals surface area contributed by atoms with Crippen molar-refractivity contribution < 1.29 is 4.42 Å². The molecule has 31 heavy (non-hydrogen) atoms. The number of thioether (sulfide) groups is 1. The molecule has 0 radical (unpaired) electrons. The van der Waals surface area contributed by atoms with Crippen LogP contribution in [0.5, 0.6) is 0 Å². The second kappa shape index (κ2) is 9.92. The van der Waals surface area contributed by atoms with E-state index in [-0.39, 0.29) is 10.8 Å². The molecule has 1 atom stereocenters. The molecule has 2 heterocycles. The van der Waals surface area contributed by atoms with Crippen LogP contribution < -0.4 is 5.56 Å². The molecule has 1 unspecified atom stereocenters. The minimum absolute atomic E-state index is 0.00676. The van der Waals surface area contributed by atoms with Gasteiger partial charge in [0.2, 0.25) is 11.8 Å². The number of nitrogens with zero attached hydrogens (tertiary/aromatic N) is 4. The third kappa shape index (κ3) is 4.88. The highest BCUT2D eigenvalue weighted by molar-refractivity contribution is 7.99. The van der Waals surface area contributed by atoms with Gasteiger partial charge in [-0.05, 0) is 37.6 Å². The summed E-state index contributed by atoms with van der Waals surface area (Å²) in [5.74, 6) is 1.01. The summed E-state index contributed by atoms with van der Waals surface area (Å²) in [5.41, 5.74) is 1.60. The molecule has 0 bridgehead atoms. The molecule has 4 rings (SSSR count). The summed E-state index contributed by atoms with van der Waals surface area (Å²) in [5, 5.41) is 9.63. The topological polar surface area (TPSA) is 73.8 Å². The number of unbranched alkanes of at least 4 members (excludes halogenated alkanes) is 3. The van der Waals surface area contributed by atoms with Crippen LogP contribution in [0.15, 0.2) is 69.0 Å². The molecule has 0 N–H and O–H groups in total. The highest BCUT2D eigenvalue weighted by Gasteiger charge is 2.20. The Morgan fingerprint density at radius 2 is 1.77 bits per heavy atom. The van der Waals surface area contributed by atoms with Gasteiger partial charge in [-0.25, -0.2) is 4.98 Å². The molecule has 0 saturated heterocycles. The van der Waals surface area contributed by atoms with Crippen LogP contribution in [0.3, 0.4) is 0 Å². The van der Waals surface area contributed by atoms with E-state index < -0.39 is 0 Å². The Balaban J connectivity index is 1.62. The maximum atomic E-state index is 13.2. The Morgan fingerprint density at radius 3 is 2.58 bits per heavy atom. The van der Waals surface area contributed by atoms with Gasteiger partial charge in [-0.3, -0.25) is 9.36 Å². The molecule has 0 aliphatic rings. The quantitative estimate of drug-likeness (QED) is 0.186. The fraction of sp³-hybridized carbons (Fsp3) is 0.333. The molecule has 2 aromatic heterocycles. The lowest BCUT2D eigenvalue weighted by Gasteiger charge is -2.14. The molecule has 0 aliphatic heterocycles. The molecule has 7 heteroatoms. The third-order valence-electron chi connectivity index (χ3n) is 5.15. The van der Waals surface area contributed by atoms with Gasteiger partial charge >= 0.3 is 0 Å². The first-order valence-electron chi connectivity index (χ1n) is 10.7. The van der Waals surface area contributed by atoms with Gasteiger partial charge in [-0.2, -0.15) is 0 Å². The molecule has 160 valence electrons. The molecule has 0 saturated carbocycles. The van der Waals surface area contributed by atoms with Crippen molar-refractivity contribution in [3.05, 3.63) is 70.8 Å². The van der Waals surface area contributed by atoms with Crippen molar-refractivity contribution >= 4 is 22.7 Å². The number of benzene rings is 2. The number of aromatic nitrogens is 4. The molecule has 0 fully saturated rings. The van der Waals surface area contributed by atoms with E-state index in [9.17, 15) is 4.79 Å². The molecule has 2 aromatic carbocycles. The molecule has 4 aromatic rings. The largest absolute Gasteiger partial charge is 0.419 e. The highest BCUT2D eigenvalue weighted by atomic mass is 32.2. The van der Waals surface area contributed by atoms with Gasteiger partial charge in [0.25, 0.3) is 5.56 Å². The number of hydrogen-bond donors (Lipinski definition) is 0. The van der Waals surface area contributed by atoms with Crippen molar-refractivity contribution in [3.8, 4) is 11.5 Å². The summed E-state index contributed by atoms with van der Waals surface area (Å²) in [6.07, 6.45) is 4.37. The van der Waals surface area contributed by atoms with E-state index in [1.54, 1.807) is 4.57 Å². The van der Waals surface area contributed by atoms with Crippen LogP contribution in [0.1, 0.15) is 50.7 Å². The molecule has 0 aliphatic carbocycles. The second-order valence-electron chi connectivity index (χ2n) is 7.50. The lowest BCUT2D eigenvalue weighted by molar-refractivity contribution is 0.506. The van der Waals surface area contributed by atoms with Gasteiger partial charge in [0.15, 0.2) is 5.16 Å². The summed E-state index contributed by atoms with van der Waals surface area (Å²) in [4.78, 5) is 18.0. The summed E-state index contributed by atoms with van der Waals surface area (Å²) in [7, 11) is 0. The lowest BCUT2D eigenvalue weighted by Crippen LogP contribution is -2.23. The molecule has 0 amide bonds. The zero-order chi connectivity index (χ0) is 21.6. The summed E-state index contributed by atoms with van der Waals surface area (Å²) >= 11 is 1.48. The zero-order valence-electron chi connectivity index (χ0n) is 17.8. The molecular formula is C24H26N4O2S. The maximum Gasteiger partial charge on any atom is 0.262 e. The van der Waals surface area contributed by atoms with Gasteiger partial charge < -0.3 is 4.42 Å². The van der Waals surface area contributed by atoms with Crippen LogP contribution in [-0.2, 0) is 6.54 Å². The van der Waals surface area contributed by atoms with E-state index in [2.05, 4.69) is 17.1 Å². The Bertz CT molecular complexity index is 1200.